The van der Waals surface area contributed by atoms with Gasteiger partial charge in [-0.3, -0.25) is 0 Å². The Labute approximate surface area is 188 Å². The number of aromatic amines is 1. The maximum atomic E-state index is 5.50. The fraction of sp³-hybridized carbons (Fsp3) is 0.222. The van der Waals surface area contributed by atoms with E-state index < -0.39 is 0 Å². The van der Waals surface area contributed by atoms with Crippen molar-refractivity contribution >= 4 is 60.0 Å². The molecule has 0 spiro atoms. The van der Waals surface area contributed by atoms with E-state index in [2.05, 4.69) is 85.4 Å². The third-order valence-electron chi connectivity index (χ3n) is 5.37. The Morgan fingerprint density at radius 1 is 0.935 bits per heavy atom. The van der Waals surface area contributed by atoms with Crippen molar-refractivity contribution in [2.45, 2.75) is 39.7 Å². The predicted octanol–water partition coefficient (Wildman–Crippen LogP) is 7.95. The van der Waals surface area contributed by atoms with Crippen LogP contribution in [0, 0.1) is 12.3 Å². The molecule has 1 aliphatic rings. The van der Waals surface area contributed by atoms with E-state index >= 15 is 0 Å². The van der Waals surface area contributed by atoms with E-state index in [0.717, 1.165) is 12.8 Å². The number of hydrogen-bond acceptors (Lipinski definition) is 3. The Hall–Kier alpha value is -2.95. The molecular weight excluding hydrogens is 398 g/mol. The number of hydrogen-bond donors (Lipinski definition) is 3. The molecule has 0 aliphatic heterocycles. The monoisotopic (exact) mass is 429 g/mol. The number of benzene rings is 3. The first kappa shape index (κ1) is 22.7. The van der Waals surface area contributed by atoms with Crippen LogP contribution in [0.25, 0.3) is 42.0 Å². The predicted molar refractivity (Wildman–Crippen MR) is 141 cm³/mol. The number of fused-ring (bicyclic) bond motifs is 7. The Morgan fingerprint density at radius 2 is 1.55 bits per heavy atom. The highest BCUT2D eigenvalue weighted by Gasteiger charge is 2.14. The van der Waals surface area contributed by atoms with Crippen LogP contribution in [-0.2, 0) is 0 Å². The zero-order valence-corrected chi connectivity index (χ0v) is 19.4. The lowest BCUT2D eigenvalue weighted by Crippen LogP contribution is -2.13. The maximum absolute atomic E-state index is 5.50. The average Bonchev–Trinajstić information content (AvgIpc) is 3.54. The van der Waals surface area contributed by atoms with Crippen LogP contribution in [0.5, 0.6) is 0 Å². The Kier molecular flexibility index (Phi) is 7.61. The van der Waals surface area contributed by atoms with Crippen LogP contribution in [-0.4, -0.2) is 17.7 Å². The lowest BCUT2D eigenvalue weighted by Gasteiger charge is -1.99. The lowest BCUT2D eigenvalue weighted by atomic mass is 10.0. The van der Waals surface area contributed by atoms with E-state index in [1.807, 2.05) is 25.2 Å². The van der Waals surface area contributed by atoms with Gasteiger partial charge in [-0.05, 0) is 50.2 Å². The summed E-state index contributed by atoms with van der Waals surface area (Å²) in [5, 5.41) is 11.0. The Morgan fingerprint density at radius 3 is 2.19 bits per heavy atom. The quantitative estimate of drug-likeness (QED) is 0.170. The maximum Gasteiger partial charge on any atom is 0.0509 e. The number of aromatic nitrogens is 1. The molecular formula is C27H31N3S. The van der Waals surface area contributed by atoms with Crippen LogP contribution >= 0.6 is 11.3 Å². The van der Waals surface area contributed by atoms with Crippen LogP contribution < -0.4 is 5.73 Å². The molecule has 0 fully saturated rings. The van der Waals surface area contributed by atoms with Crippen LogP contribution in [0.2, 0.25) is 0 Å². The molecule has 2 aromatic heterocycles. The van der Waals surface area contributed by atoms with E-state index in [0.29, 0.717) is 6.04 Å². The summed E-state index contributed by atoms with van der Waals surface area (Å²) >= 11 is 1.90. The molecule has 5 aromatic rings. The molecule has 1 aliphatic carbocycles. The molecule has 0 atom stereocenters. The number of nitrogens with one attached hydrogen (secondary N) is 2. The zero-order chi connectivity index (χ0) is 22.4. The fourth-order valence-electron chi connectivity index (χ4n) is 3.99. The van der Waals surface area contributed by atoms with Crippen LogP contribution in [0.4, 0.5) is 0 Å². The van der Waals surface area contributed by atoms with Crippen LogP contribution in [0.1, 0.15) is 32.3 Å². The van der Waals surface area contributed by atoms with Gasteiger partial charge in [0.1, 0.15) is 0 Å². The molecule has 0 saturated heterocycles. The van der Waals surface area contributed by atoms with Crippen molar-refractivity contribution < 1.29 is 0 Å². The SMILES string of the molecule is C=N.CC.Cc1cc2c3ccccc3sc2c2c1[nH]c1ccccc12.NC1CC=CC1. The summed E-state index contributed by atoms with van der Waals surface area (Å²) in [6.07, 6.45) is 6.43. The molecule has 3 nitrogen and oxygen atoms in total. The van der Waals surface area contributed by atoms with Gasteiger partial charge in [0.2, 0.25) is 0 Å². The van der Waals surface area contributed by atoms with Crippen molar-refractivity contribution in [3.8, 4) is 0 Å². The second-order valence-corrected chi connectivity index (χ2v) is 8.34. The summed E-state index contributed by atoms with van der Waals surface area (Å²) in [5.74, 6) is 0. The first-order chi connectivity index (χ1) is 15.2. The zero-order valence-electron chi connectivity index (χ0n) is 18.5. The van der Waals surface area contributed by atoms with Crippen molar-refractivity contribution in [1.82, 2.24) is 4.98 Å². The highest BCUT2D eigenvalue weighted by molar-refractivity contribution is 7.26. The van der Waals surface area contributed by atoms with E-state index in [9.17, 15) is 0 Å². The molecule has 2 heterocycles. The number of H-pyrrole nitrogens is 1. The Balaban J connectivity index is 0.000000232. The smallest absolute Gasteiger partial charge is 0.0509 e. The van der Waals surface area contributed by atoms with Gasteiger partial charge < -0.3 is 16.1 Å². The van der Waals surface area contributed by atoms with E-state index in [-0.39, 0.29) is 0 Å². The van der Waals surface area contributed by atoms with Gasteiger partial charge in [-0.1, -0.05) is 62.4 Å². The minimum Gasteiger partial charge on any atom is -0.354 e. The molecule has 160 valence electrons. The van der Waals surface area contributed by atoms with Gasteiger partial charge in [-0.2, -0.15) is 0 Å². The van der Waals surface area contributed by atoms with Gasteiger partial charge in [0.05, 0.1) is 5.52 Å². The Bertz CT molecular complexity index is 1320. The number of thiophene rings is 1. The molecule has 0 saturated carbocycles. The molecule has 0 unspecified atom stereocenters. The van der Waals surface area contributed by atoms with Crippen molar-refractivity contribution in [2.75, 3.05) is 0 Å². The highest BCUT2D eigenvalue weighted by Crippen LogP contribution is 2.42. The first-order valence-corrected chi connectivity index (χ1v) is 11.6. The summed E-state index contributed by atoms with van der Waals surface area (Å²) in [6, 6.07) is 20.1. The number of aryl methyl sites for hydroxylation is 1. The van der Waals surface area contributed by atoms with Gasteiger partial charge in [-0.25, -0.2) is 0 Å². The minimum atomic E-state index is 0.435. The van der Waals surface area contributed by atoms with Crippen molar-refractivity contribution in [3.63, 3.8) is 0 Å². The summed E-state index contributed by atoms with van der Waals surface area (Å²) in [6.45, 7) is 8.70. The van der Waals surface area contributed by atoms with Crippen molar-refractivity contribution in [1.29, 1.82) is 5.41 Å². The van der Waals surface area contributed by atoms with Crippen molar-refractivity contribution in [2.24, 2.45) is 5.73 Å². The molecule has 0 amide bonds. The fourth-order valence-corrected chi connectivity index (χ4v) is 5.24. The third kappa shape index (κ3) is 4.41. The normalized spacial score (nSPS) is 12.9. The largest absolute Gasteiger partial charge is 0.354 e. The van der Waals surface area contributed by atoms with Crippen molar-refractivity contribution in [3.05, 3.63) is 72.3 Å². The average molecular weight is 430 g/mol. The number of para-hydroxylation sites is 1. The van der Waals surface area contributed by atoms with Gasteiger partial charge in [0.15, 0.2) is 0 Å². The van der Waals surface area contributed by atoms with Gasteiger partial charge in [0, 0.05) is 42.5 Å². The van der Waals surface area contributed by atoms with Gasteiger partial charge in [0.25, 0.3) is 0 Å². The summed E-state index contributed by atoms with van der Waals surface area (Å²) in [5.41, 5.74) is 9.29. The van der Waals surface area contributed by atoms with E-state index in [1.54, 1.807) is 0 Å². The van der Waals surface area contributed by atoms with E-state index in [4.69, 9.17) is 11.1 Å². The van der Waals surface area contributed by atoms with Crippen LogP contribution in [0.15, 0.2) is 66.7 Å². The molecule has 3 aromatic carbocycles. The second kappa shape index (κ2) is 10.4. The molecule has 6 rings (SSSR count). The molecule has 31 heavy (non-hydrogen) atoms. The first-order valence-electron chi connectivity index (χ1n) is 10.8. The summed E-state index contributed by atoms with van der Waals surface area (Å²) < 4.78 is 2.76. The molecule has 4 N–H and O–H groups in total. The number of rotatable bonds is 0. The lowest BCUT2D eigenvalue weighted by molar-refractivity contribution is 0.732. The second-order valence-electron chi connectivity index (χ2n) is 7.29. The minimum absolute atomic E-state index is 0.435. The van der Waals surface area contributed by atoms with Gasteiger partial charge in [-0.15, -0.1) is 11.3 Å². The molecule has 0 radical (unpaired) electrons. The summed E-state index contributed by atoms with van der Waals surface area (Å²) in [4.78, 5) is 3.59. The molecule has 0 bridgehead atoms. The molecule has 4 heteroatoms. The van der Waals surface area contributed by atoms with E-state index in [1.165, 1.54) is 47.5 Å². The number of nitrogens with two attached hydrogens (primary N) is 1. The highest BCUT2D eigenvalue weighted by atomic mass is 32.1. The van der Waals surface area contributed by atoms with Gasteiger partial charge >= 0.3 is 0 Å². The third-order valence-corrected chi connectivity index (χ3v) is 6.57. The standard InChI is InChI=1S/C19H13NS.C5H9N.C2H6.CH3N/c1-11-10-14-12-6-3-5-9-16(12)21-19(14)17-13-7-2-4-8-15(13)20-18(11)17;6-5-3-1-2-4-5;2*1-2/h2-10,20H,1H3;1-2,5H,3-4,6H2;1-2H3;2H,1H2. The topological polar surface area (TPSA) is 65.7 Å². The van der Waals surface area contributed by atoms with Crippen LogP contribution in [0.3, 0.4) is 0 Å². The summed E-state index contributed by atoms with van der Waals surface area (Å²) in [7, 11) is 0.